The van der Waals surface area contributed by atoms with Crippen LogP contribution in [-0.4, -0.2) is 6.61 Å². The molecule has 0 amide bonds. The molecule has 0 saturated carbocycles. The summed E-state index contributed by atoms with van der Waals surface area (Å²) >= 11 is 5.83. The molecule has 0 saturated heterocycles. The van der Waals surface area contributed by atoms with Gasteiger partial charge in [0.15, 0.2) is 11.6 Å². The van der Waals surface area contributed by atoms with E-state index in [0.29, 0.717) is 17.4 Å². The smallest absolute Gasteiger partial charge is 0.165 e. The molecule has 3 heteroatoms. The minimum Gasteiger partial charge on any atom is -0.490 e. The molecule has 1 aliphatic rings. The van der Waals surface area contributed by atoms with Crippen LogP contribution < -0.4 is 4.74 Å². The number of hydrogen-bond donors (Lipinski definition) is 0. The lowest BCUT2D eigenvalue weighted by molar-refractivity contribution is 0.339. The summed E-state index contributed by atoms with van der Waals surface area (Å²) in [7, 11) is 0. The molecule has 0 radical (unpaired) electrons. The number of ether oxygens (including phenoxy) is 1. The Morgan fingerprint density at radius 3 is 2.59 bits per heavy atom. The number of halogens is 2. The van der Waals surface area contributed by atoms with Gasteiger partial charge < -0.3 is 4.74 Å². The van der Waals surface area contributed by atoms with Crippen molar-refractivity contribution in [3.05, 3.63) is 52.8 Å². The van der Waals surface area contributed by atoms with Gasteiger partial charge in [0.2, 0.25) is 0 Å². The van der Waals surface area contributed by atoms with Gasteiger partial charge in [-0.25, -0.2) is 4.39 Å². The molecule has 0 N–H and O–H groups in total. The van der Waals surface area contributed by atoms with Crippen LogP contribution in [0.15, 0.2) is 36.4 Å². The summed E-state index contributed by atoms with van der Waals surface area (Å²) in [6.07, 6.45) is 0.772. The number of hydrogen-bond acceptors (Lipinski definition) is 1. The lowest BCUT2D eigenvalue weighted by Crippen LogP contribution is -1.88. The summed E-state index contributed by atoms with van der Waals surface area (Å²) in [6.45, 7) is 0.566. The minimum absolute atomic E-state index is 0.287. The third-order valence-corrected chi connectivity index (χ3v) is 3.17. The van der Waals surface area contributed by atoms with Gasteiger partial charge in [-0.15, -0.1) is 0 Å². The van der Waals surface area contributed by atoms with E-state index in [-0.39, 0.29) is 5.82 Å². The number of benzene rings is 2. The summed E-state index contributed by atoms with van der Waals surface area (Å²) in [5, 5.41) is 0.679. The lowest BCUT2D eigenvalue weighted by atomic mass is 10.0. The van der Waals surface area contributed by atoms with Crippen LogP contribution in [0.1, 0.15) is 5.56 Å². The molecule has 0 aliphatic carbocycles. The zero-order valence-corrected chi connectivity index (χ0v) is 9.80. The lowest BCUT2D eigenvalue weighted by Gasteiger charge is -2.06. The third kappa shape index (κ3) is 1.89. The van der Waals surface area contributed by atoms with Crippen LogP contribution in [0.5, 0.6) is 5.75 Å². The maximum Gasteiger partial charge on any atom is 0.165 e. The fourth-order valence-electron chi connectivity index (χ4n) is 2.07. The summed E-state index contributed by atoms with van der Waals surface area (Å²) in [5.74, 6) is 0.118. The molecule has 1 heterocycles. The predicted molar refractivity (Wildman–Crippen MR) is 66.0 cm³/mol. The molecule has 0 spiro atoms. The SMILES string of the molecule is Fc1cc(-c2ccc(Cl)cc2)cc2c1OCC2. The molecule has 0 unspecified atom stereocenters. The van der Waals surface area contributed by atoms with E-state index < -0.39 is 0 Å². The van der Waals surface area contributed by atoms with Gasteiger partial charge in [0.1, 0.15) is 0 Å². The molecule has 1 nitrogen and oxygen atoms in total. The van der Waals surface area contributed by atoms with Gasteiger partial charge in [0.05, 0.1) is 6.61 Å². The molecule has 0 atom stereocenters. The van der Waals surface area contributed by atoms with Crippen molar-refractivity contribution >= 4 is 11.6 Å². The Balaban J connectivity index is 2.10. The van der Waals surface area contributed by atoms with Crippen molar-refractivity contribution in [1.82, 2.24) is 0 Å². The molecule has 3 rings (SSSR count). The Hall–Kier alpha value is -1.54. The molecular weight excluding hydrogens is 239 g/mol. The Morgan fingerprint density at radius 1 is 1.06 bits per heavy atom. The molecule has 2 aromatic carbocycles. The summed E-state index contributed by atoms with van der Waals surface area (Å²) in [4.78, 5) is 0. The van der Waals surface area contributed by atoms with E-state index in [9.17, 15) is 4.39 Å². The van der Waals surface area contributed by atoms with Crippen molar-refractivity contribution < 1.29 is 9.13 Å². The molecule has 0 fully saturated rings. The van der Waals surface area contributed by atoms with Crippen molar-refractivity contribution in [3.8, 4) is 16.9 Å². The van der Waals surface area contributed by atoms with Gasteiger partial charge in [0.25, 0.3) is 0 Å². The van der Waals surface area contributed by atoms with Crippen LogP contribution in [0, 0.1) is 5.82 Å². The van der Waals surface area contributed by atoms with Crippen molar-refractivity contribution in [2.75, 3.05) is 6.61 Å². The third-order valence-electron chi connectivity index (χ3n) is 2.92. The van der Waals surface area contributed by atoms with Crippen LogP contribution in [0.4, 0.5) is 4.39 Å². The van der Waals surface area contributed by atoms with Crippen LogP contribution in [0.3, 0.4) is 0 Å². The van der Waals surface area contributed by atoms with E-state index in [1.807, 2.05) is 18.2 Å². The average molecular weight is 249 g/mol. The van der Waals surface area contributed by atoms with Gasteiger partial charge in [-0.2, -0.15) is 0 Å². The van der Waals surface area contributed by atoms with Crippen LogP contribution in [0.25, 0.3) is 11.1 Å². The van der Waals surface area contributed by atoms with Crippen molar-refractivity contribution in [3.63, 3.8) is 0 Å². The summed E-state index contributed by atoms with van der Waals surface area (Å²) in [5.41, 5.74) is 2.77. The van der Waals surface area contributed by atoms with Crippen molar-refractivity contribution in [2.45, 2.75) is 6.42 Å². The first-order valence-corrected chi connectivity index (χ1v) is 5.83. The monoisotopic (exact) mass is 248 g/mol. The first kappa shape index (κ1) is 10.6. The highest BCUT2D eigenvalue weighted by atomic mass is 35.5. The second-order valence-electron chi connectivity index (χ2n) is 4.05. The van der Waals surface area contributed by atoms with Gasteiger partial charge in [-0.05, 0) is 35.4 Å². The van der Waals surface area contributed by atoms with Crippen molar-refractivity contribution in [2.24, 2.45) is 0 Å². The highest BCUT2D eigenvalue weighted by Gasteiger charge is 2.18. The fourth-order valence-corrected chi connectivity index (χ4v) is 2.20. The Kier molecular flexibility index (Phi) is 2.52. The zero-order chi connectivity index (χ0) is 11.8. The molecule has 1 aliphatic heterocycles. The van der Waals surface area contributed by atoms with E-state index in [4.69, 9.17) is 16.3 Å². The van der Waals surface area contributed by atoms with Crippen LogP contribution >= 0.6 is 11.6 Å². The van der Waals surface area contributed by atoms with Crippen molar-refractivity contribution in [1.29, 1.82) is 0 Å². The second kappa shape index (κ2) is 4.04. The maximum absolute atomic E-state index is 13.8. The van der Waals surface area contributed by atoms with Gasteiger partial charge in [0, 0.05) is 17.0 Å². The van der Waals surface area contributed by atoms with Gasteiger partial charge in [-0.3, -0.25) is 0 Å². The normalized spacial score (nSPS) is 13.3. The first-order chi connectivity index (χ1) is 8.24. The molecule has 0 bridgehead atoms. The predicted octanol–water partition coefficient (Wildman–Crippen LogP) is 4.08. The average Bonchev–Trinajstić information content (AvgIpc) is 2.78. The summed E-state index contributed by atoms with van der Waals surface area (Å²) < 4.78 is 19.0. The van der Waals surface area contributed by atoms with Crippen LogP contribution in [-0.2, 0) is 6.42 Å². The van der Waals surface area contributed by atoms with E-state index in [2.05, 4.69) is 0 Å². The number of rotatable bonds is 1. The van der Waals surface area contributed by atoms with E-state index >= 15 is 0 Å². The van der Waals surface area contributed by atoms with Gasteiger partial charge in [-0.1, -0.05) is 23.7 Å². The van der Waals surface area contributed by atoms with Crippen LogP contribution in [0.2, 0.25) is 5.02 Å². The molecule has 2 aromatic rings. The molecule has 86 valence electrons. The van der Waals surface area contributed by atoms with E-state index in [1.54, 1.807) is 12.1 Å². The second-order valence-corrected chi connectivity index (χ2v) is 4.49. The quantitative estimate of drug-likeness (QED) is 0.739. The largest absolute Gasteiger partial charge is 0.490 e. The standard InChI is InChI=1S/C14H10ClFO/c15-12-3-1-9(2-4-12)11-7-10-5-6-17-14(10)13(16)8-11/h1-4,7-8H,5-6H2. The molecule has 17 heavy (non-hydrogen) atoms. The van der Waals surface area contributed by atoms with E-state index in [0.717, 1.165) is 23.1 Å². The number of fused-ring (bicyclic) bond motifs is 1. The fraction of sp³-hybridized carbons (Fsp3) is 0.143. The Morgan fingerprint density at radius 2 is 1.82 bits per heavy atom. The first-order valence-electron chi connectivity index (χ1n) is 5.45. The highest BCUT2D eigenvalue weighted by molar-refractivity contribution is 6.30. The van der Waals surface area contributed by atoms with Gasteiger partial charge >= 0.3 is 0 Å². The Labute approximate surface area is 104 Å². The maximum atomic E-state index is 13.8. The molecular formula is C14H10ClFO. The Bertz CT molecular complexity index is 563. The summed E-state index contributed by atoms with van der Waals surface area (Å²) in [6, 6.07) is 10.9. The molecule has 0 aromatic heterocycles. The topological polar surface area (TPSA) is 9.23 Å². The minimum atomic E-state index is -0.287. The van der Waals surface area contributed by atoms with E-state index in [1.165, 1.54) is 6.07 Å². The highest BCUT2D eigenvalue weighted by Crippen LogP contribution is 2.33. The zero-order valence-electron chi connectivity index (χ0n) is 9.04.